The Morgan fingerprint density at radius 1 is 1.27 bits per heavy atom. The normalized spacial score (nSPS) is 32.3. The van der Waals surface area contributed by atoms with Gasteiger partial charge in [-0.25, -0.2) is 0 Å². The van der Waals surface area contributed by atoms with Gasteiger partial charge in [0.1, 0.15) is 5.54 Å². The smallest absolute Gasteiger partial charge is 0.250 e. The second-order valence-corrected chi connectivity index (χ2v) is 7.50. The third-order valence-corrected chi connectivity index (χ3v) is 5.88. The summed E-state index contributed by atoms with van der Waals surface area (Å²) in [4.78, 5) is 40.3. The van der Waals surface area contributed by atoms with Crippen molar-refractivity contribution < 1.29 is 19.1 Å². The van der Waals surface area contributed by atoms with Crippen molar-refractivity contribution in [1.82, 2.24) is 10.2 Å². The number of hydrogen-bond acceptors (Lipinski definition) is 5. The maximum Gasteiger partial charge on any atom is 0.250 e. The number of halogens is 1. The summed E-state index contributed by atoms with van der Waals surface area (Å²) in [5.74, 6) is -2.19. The Morgan fingerprint density at radius 3 is 2.77 bits per heavy atom. The number of ether oxygens (including phenoxy) is 1. The lowest BCUT2D eigenvalue weighted by atomic mass is 9.76. The SMILES string of the molecule is COCCCN1C(=O)C2C(C)NC3(C(=O)Nc4ccc(Cl)cc43)C2C1=O. The first kappa shape index (κ1) is 17.5. The summed E-state index contributed by atoms with van der Waals surface area (Å²) >= 11 is 6.15. The summed E-state index contributed by atoms with van der Waals surface area (Å²) in [6, 6.07) is 4.80. The predicted molar refractivity (Wildman–Crippen MR) is 94.6 cm³/mol. The number of methoxy groups -OCH3 is 1. The molecular formula is C18H20ClN3O4. The van der Waals surface area contributed by atoms with Crippen LogP contribution in [-0.2, 0) is 24.7 Å². The Labute approximate surface area is 156 Å². The van der Waals surface area contributed by atoms with E-state index in [9.17, 15) is 14.4 Å². The van der Waals surface area contributed by atoms with Crippen LogP contribution < -0.4 is 10.6 Å². The highest BCUT2D eigenvalue weighted by molar-refractivity contribution is 6.31. The predicted octanol–water partition coefficient (Wildman–Crippen LogP) is 1.12. The van der Waals surface area contributed by atoms with Gasteiger partial charge in [0.15, 0.2) is 0 Å². The molecule has 3 heterocycles. The van der Waals surface area contributed by atoms with E-state index in [2.05, 4.69) is 10.6 Å². The molecule has 26 heavy (non-hydrogen) atoms. The minimum Gasteiger partial charge on any atom is -0.385 e. The molecule has 0 bridgehead atoms. The number of fused-ring (bicyclic) bond motifs is 4. The Hall–Kier alpha value is -1.96. The van der Waals surface area contributed by atoms with Crippen molar-refractivity contribution >= 4 is 35.0 Å². The van der Waals surface area contributed by atoms with E-state index in [1.807, 2.05) is 6.92 Å². The number of carbonyl (C=O) groups is 3. The third-order valence-electron chi connectivity index (χ3n) is 5.65. The molecule has 4 rings (SSSR count). The lowest BCUT2D eigenvalue weighted by molar-refractivity contribution is -0.143. The quantitative estimate of drug-likeness (QED) is 0.606. The standard InChI is InChI=1S/C18H20ClN3O4/c1-9-13-14(16(24)22(15(13)23)6-3-7-26-2)18(21-9)11-8-10(19)4-5-12(11)20-17(18)25/h4-5,8-9,13-14,21H,3,6-7H2,1-2H3,(H,20,25). The minimum absolute atomic E-state index is 0.226. The second kappa shape index (κ2) is 6.04. The summed E-state index contributed by atoms with van der Waals surface area (Å²) in [5.41, 5.74) is -0.000329. The summed E-state index contributed by atoms with van der Waals surface area (Å²) in [5, 5.41) is 6.56. The molecule has 0 aliphatic carbocycles. The van der Waals surface area contributed by atoms with Gasteiger partial charge in [0.2, 0.25) is 17.7 Å². The van der Waals surface area contributed by atoms with Crippen molar-refractivity contribution in [3.8, 4) is 0 Å². The largest absolute Gasteiger partial charge is 0.385 e. The van der Waals surface area contributed by atoms with Crippen LogP contribution in [0.5, 0.6) is 0 Å². The number of hydrogen-bond donors (Lipinski definition) is 2. The van der Waals surface area contributed by atoms with Crippen molar-refractivity contribution in [2.24, 2.45) is 11.8 Å². The number of likely N-dealkylation sites (tertiary alicyclic amines) is 1. The van der Waals surface area contributed by atoms with Crippen LogP contribution in [0.4, 0.5) is 5.69 Å². The van der Waals surface area contributed by atoms with E-state index in [-0.39, 0.29) is 23.8 Å². The number of rotatable bonds is 4. The number of anilines is 1. The first-order valence-corrected chi connectivity index (χ1v) is 9.03. The topological polar surface area (TPSA) is 87.7 Å². The third kappa shape index (κ3) is 2.17. The number of benzene rings is 1. The molecule has 0 aromatic heterocycles. The molecule has 2 N–H and O–H groups in total. The van der Waals surface area contributed by atoms with Crippen molar-refractivity contribution in [3.05, 3.63) is 28.8 Å². The Morgan fingerprint density at radius 2 is 2.04 bits per heavy atom. The molecule has 8 heteroatoms. The van der Waals surface area contributed by atoms with E-state index in [1.54, 1.807) is 25.3 Å². The zero-order chi connectivity index (χ0) is 18.6. The second-order valence-electron chi connectivity index (χ2n) is 7.06. The summed E-state index contributed by atoms with van der Waals surface area (Å²) < 4.78 is 5.02. The van der Waals surface area contributed by atoms with Crippen molar-refractivity contribution in [1.29, 1.82) is 0 Å². The minimum atomic E-state index is -1.26. The molecule has 3 amide bonds. The maximum absolute atomic E-state index is 13.1. The van der Waals surface area contributed by atoms with Gasteiger partial charge in [0, 0.05) is 42.6 Å². The molecule has 138 valence electrons. The zero-order valence-corrected chi connectivity index (χ0v) is 15.3. The molecule has 1 aromatic rings. The lowest BCUT2D eigenvalue weighted by Gasteiger charge is -2.29. The van der Waals surface area contributed by atoms with Crippen LogP contribution >= 0.6 is 11.6 Å². The van der Waals surface area contributed by atoms with Gasteiger partial charge < -0.3 is 10.1 Å². The fraction of sp³-hybridized carbons (Fsp3) is 0.500. The fourth-order valence-electron chi connectivity index (χ4n) is 4.58. The molecule has 7 nitrogen and oxygen atoms in total. The molecule has 4 atom stereocenters. The highest BCUT2D eigenvalue weighted by Gasteiger charge is 2.69. The van der Waals surface area contributed by atoms with Gasteiger partial charge in [0.25, 0.3) is 0 Å². The van der Waals surface area contributed by atoms with E-state index in [4.69, 9.17) is 16.3 Å². The van der Waals surface area contributed by atoms with Gasteiger partial charge in [-0.3, -0.25) is 24.6 Å². The van der Waals surface area contributed by atoms with Gasteiger partial charge in [-0.1, -0.05) is 11.6 Å². The molecule has 2 saturated heterocycles. The molecule has 1 spiro atoms. The number of amides is 3. The molecule has 2 fully saturated rings. The first-order chi connectivity index (χ1) is 12.4. The van der Waals surface area contributed by atoms with Gasteiger partial charge in [-0.15, -0.1) is 0 Å². The summed E-state index contributed by atoms with van der Waals surface area (Å²) in [6.45, 7) is 2.60. The van der Waals surface area contributed by atoms with E-state index in [0.29, 0.717) is 35.8 Å². The van der Waals surface area contributed by atoms with Crippen molar-refractivity contribution in [2.75, 3.05) is 25.6 Å². The van der Waals surface area contributed by atoms with Gasteiger partial charge in [0.05, 0.1) is 11.8 Å². The monoisotopic (exact) mass is 377 g/mol. The molecule has 0 radical (unpaired) electrons. The molecule has 4 unspecified atom stereocenters. The molecule has 3 aliphatic rings. The van der Waals surface area contributed by atoms with Gasteiger partial charge in [-0.05, 0) is 31.5 Å². The van der Waals surface area contributed by atoms with Gasteiger partial charge >= 0.3 is 0 Å². The highest BCUT2D eigenvalue weighted by atomic mass is 35.5. The van der Waals surface area contributed by atoms with Crippen LogP contribution in [0, 0.1) is 11.8 Å². The van der Waals surface area contributed by atoms with E-state index in [0.717, 1.165) is 0 Å². The van der Waals surface area contributed by atoms with Crippen LogP contribution in [0.1, 0.15) is 18.9 Å². The Kier molecular flexibility index (Phi) is 4.06. The first-order valence-electron chi connectivity index (χ1n) is 8.65. The highest BCUT2D eigenvalue weighted by Crippen LogP contribution is 2.53. The van der Waals surface area contributed by atoms with E-state index in [1.165, 1.54) is 4.90 Å². The van der Waals surface area contributed by atoms with E-state index < -0.39 is 17.4 Å². The molecular weight excluding hydrogens is 358 g/mol. The number of nitrogens with one attached hydrogen (secondary N) is 2. The van der Waals surface area contributed by atoms with Crippen LogP contribution in [0.15, 0.2) is 18.2 Å². The van der Waals surface area contributed by atoms with Gasteiger partial charge in [-0.2, -0.15) is 0 Å². The van der Waals surface area contributed by atoms with Crippen LogP contribution in [0.25, 0.3) is 0 Å². The Bertz CT molecular complexity index is 814. The lowest BCUT2D eigenvalue weighted by Crippen LogP contribution is -2.53. The number of nitrogens with zero attached hydrogens (tertiary/aromatic N) is 1. The summed E-state index contributed by atoms with van der Waals surface area (Å²) in [7, 11) is 1.58. The van der Waals surface area contributed by atoms with Crippen molar-refractivity contribution in [3.63, 3.8) is 0 Å². The average Bonchev–Trinajstić information content (AvgIpc) is 3.15. The van der Waals surface area contributed by atoms with Crippen molar-refractivity contribution in [2.45, 2.75) is 24.9 Å². The Balaban J connectivity index is 1.77. The fourth-order valence-corrected chi connectivity index (χ4v) is 4.75. The van der Waals surface area contributed by atoms with E-state index >= 15 is 0 Å². The molecule has 3 aliphatic heterocycles. The molecule has 1 aromatic carbocycles. The van der Waals surface area contributed by atoms with Crippen LogP contribution in [0.3, 0.4) is 0 Å². The maximum atomic E-state index is 13.1. The number of imide groups is 1. The van der Waals surface area contributed by atoms with Crippen LogP contribution in [-0.4, -0.2) is 48.9 Å². The average molecular weight is 378 g/mol. The zero-order valence-electron chi connectivity index (χ0n) is 14.5. The summed E-state index contributed by atoms with van der Waals surface area (Å²) in [6.07, 6.45) is 0.566. The number of carbonyl (C=O) groups excluding carboxylic acids is 3. The van der Waals surface area contributed by atoms with Crippen LogP contribution in [0.2, 0.25) is 5.02 Å². The molecule has 0 saturated carbocycles.